The van der Waals surface area contributed by atoms with Gasteiger partial charge in [0, 0.05) is 59.4 Å². The van der Waals surface area contributed by atoms with Gasteiger partial charge >= 0.3 is 6.09 Å². The summed E-state index contributed by atoms with van der Waals surface area (Å²) in [5, 5.41) is 6.50. The molecule has 0 radical (unpaired) electrons. The minimum absolute atomic E-state index is 0.345. The van der Waals surface area contributed by atoms with Crippen LogP contribution in [0.15, 0.2) is 23.2 Å². The summed E-state index contributed by atoms with van der Waals surface area (Å²) in [5.74, 6) is 1.51. The van der Waals surface area contributed by atoms with Crippen molar-refractivity contribution < 1.29 is 19.0 Å². The van der Waals surface area contributed by atoms with E-state index in [9.17, 15) is 4.79 Å². The highest BCUT2D eigenvalue weighted by atomic mass is 16.6. The summed E-state index contributed by atoms with van der Waals surface area (Å²) in [6.45, 7) is 10.5. The zero-order valence-electron chi connectivity index (χ0n) is 19.5. The Kier molecular flexibility index (Phi) is 11.0. The largest absolute Gasteiger partial charge is 0.493 e. The molecule has 8 nitrogen and oxygen atoms in total. The number of nitrogens with one attached hydrogen (secondary N) is 2. The first kappa shape index (κ1) is 25.6. The number of amides is 1. The van der Waals surface area contributed by atoms with Crippen LogP contribution in [0, 0.1) is 6.92 Å². The van der Waals surface area contributed by atoms with Crippen molar-refractivity contribution in [3.63, 3.8) is 0 Å². The van der Waals surface area contributed by atoms with Crippen molar-refractivity contribution in [1.29, 1.82) is 0 Å². The van der Waals surface area contributed by atoms with Gasteiger partial charge in [-0.1, -0.05) is 12.1 Å². The van der Waals surface area contributed by atoms with Gasteiger partial charge in [-0.3, -0.25) is 4.99 Å². The van der Waals surface area contributed by atoms with E-state index in [1.54, 1.807) is 21.2 Å². The molecule has 30 heavy (non-hydrogen) atoms. The molecule has 1 aromatic carbocycles. The van der Waals surface area contributed by atoms with E-state index in [4.69, 9.17) is 14.2 Å². The lowest BCUT2D eigenvalue weighted by atomic mass is 10.1. The topological polar surface area (TPSA) is 84.4 Å². The number of aryl methyl sites for hydroxylation is 1. The number of ether oxygens (including phenoxy) is 3. The van der Waals surface area contributed by atoms with Crippen LogP contribution in [0.4, 0.5) is 4.79 Å². The summed E-state index contributed by atoms with van der Waals surface area (Å²) in [6.07, 6.45) is 0.494. The van der Waals surface area contributed by atoms with Gasteiger partial charge in [-0.05, 0) is 39.3 Å². The van der Waals surface area contributed by atoms with Crippen LogP contribution in [0.25, 0.3) is 0 Å². The van der Waals surface area contributed by atoms with Crippen molar-refractivity contribution in [3.05, 3.63) is 29.3 Å². The molecule has 0 aliphatic heterocycles. The van der Waals surface area contributed by atoms with Crippen LogP contribution < -0.4 is 15.4 Å². The molecule has 0 heterocycles. The normalized spacial score (nSPS) is 11.8. The molecule has 0 bridgehead atoms. The van der Waals surface area contributed by atoms with Crippen LogP contribution >= 0.6 is 0 Å². The third-order valence-corrected chi connectivity index (χ3v) is 4.09. The van der Waals surface area contributed by atoms with Crippen LogP contribution in [-0.4, -0.2) is 70.1 Å². The molecule has 0 unspecified atom stereocenters. The number of hydrogen-bond acceptors (Lipinski definition) is 5. The summed E-state index contributed by atoms with van der Waals surface area (Å²) in [5.41, 5.74) is 1.69. The van der Waals surface area contributed by atoms with Crippen LogP contribution in [0.2, 0.25) is 0 Å². The summed E-state index contributed by atoms with van der Waals surface area (Å²) in [6, 6.07) is 6.15. The molecule has 0 aliphatic carbocycles. The number of benzene rings is 1. The minimum atomic E-state index is -0.506. The first-order valence-corrected chi connectivity index (χ1v) is 10.3. The van der Waals surface area contributed by atoms with Gasteiger partial charge in [-0.2, -0.15) is 0 Å². The molecule has 0 fully saturated rings. The fourth-order valence-corrected chi connectivity index (χ4v) is 2.50. The summed E-state index contributed by atoms with van der Waals surface area (Å²) < 4.78 is 16.3. The van der Waals surface area contributed by atoms with Gasteiger partial charge in [0.05, 0.1) is 6.61 Å². The molecule has 0 aromatic heterocycles. The third-order valence-electron chi connectivity index (χ3n) is 4.09. The fraction of sp³-hybridized carbons (Fsp3) is 0.636. The molecular formula is C22H38N4O4. The predicted octanol–water partition coefficient (Wildman–Crippen LogP) is 2.94. The lowest BCUT2D eigenvalue weighted by Gasteiger charge is -2.25. The lowest BCUT2D eigenvalue weighted by molar-refractivity contribution is 0.0302. The molecule has 1 rings (SSSR count). The Morgan fingerprint density at radius 3 is 2.57 bits per heavy atom. The number of carbonyl (C=O) groups is 1. The van der Waals surface area contributed by atoms with E-state index in [0.717, 1.165) is 23.3 Å². The number of methoxy groups -OCH3 is 1. The zero-order chi connectivity index (χ0) is 22.6. The average molecular weight is 423 g/mol. The van der Waals surface area contributed by atoms with Gasteiger partial charge in [0.1, 0.15) is 11.4 Å². The molecule has 0 aliphatic rings. The van der Waals surface area contributed by atoms with Gasteiger partial charge in [0.2, 0.25) is 0 Å². The van der Waals surface area contributed by atoms with Crippen molar-refractivity contribution in [2.24, 2.45) is 4.99 Å². The highest BCUT2D eigenvalue weighted by Crippen LogP contribution is 2.20. The number of nitrogens with zero attached hydrogens (tertiary/aromatic N) is 2. The average Bonchev–Trinajstić information content (AvgIpc) is 2.67. The number of carbonyl (C=O) groups excluding carboxylic acids is 1. The number of rotatable bonds is 10. The van der Waals surface area contributed by atoms with E-state index in [-0.39, 0.29) is 6.09 Å². The van der Waals surface area contributed by atoms with E-state index in [2.05, 4.69) is 27.8 Å². The number of likely N-dealkylation sites (N-methyl/N-ethyl adjacent to an activating group) is 1. The molecule has 2 N–H and O–H groups in total. The Hall–Kier alpha value is -2.48. The first-order chi connectivity index (χ1) is 14.2. The second-order valence-electron chi connectivity index (χ2n) is 8.06. The minimum Gasteiger partial charge on any atom is -0.493 e. The van der Waals surface area contributed by atoms with Crippen LogP contribution in [0.5, 0.6) is 5.75 Å². The predicted molar refractivity (Wildman–Crippen MR) is 120 cm³/mol. The smallest absolute Gasteiger partial charge is 0.410 e. The zero-order valence-corrected chi connectivity index (χ0v) is 19.5. The fourth-order valence-electron chi connectivity index (χ4n) is 2.50. The van der Waals surface area contributed by atoms with Gasteiger partial charge in [0.15, 0.2) is 5.96 Å². The highest BCUT2D eigenvalue weighted by Gasteiger charge is 2.19. The Morgan fingerprint density at radius 1 is 1.20 bits per heavy atom. The maximum atomic E-state index is 12.0. The Bertz CT molecular complexity index is 686. The standard InChI is InChI=1S/C22H38N4O4/c1-17-9-10-18(19(15-17)29-14-8-13-28-7)16-25-20(23-5)24-11-12-26(6)21(27)30-22(2,3)4/h9-10,15H,8,11-14,16H2,1-7H3,(H2,23,24,25). The molecule has 170 valence electrons. The monoisotopic (exact) mass is 422 g/mol. The van der Waals surface area contributed by atoms with E-state index in [0.29, 0.717) is 38.8 Å². The van der Waals surface area contributed by atoms with Crippen molar-refractivity contribution >= 4 is 12.1 Å². The maximum absolute atomic E-state index is 12.0. The van der Waals surface area contributed by atoms with Gasteiger partial charge in [0.25, 0.3) is 0 Å². The molecule has 0 atom stereocenters. The summed E-state index contributed by atoms with van der Waals surface area (Å²) >= 11 is 0. The molecular weight excluding hydrogens is 384 g/mol. The maximum Gasteiger partial charge on any atom is 0.410 e. The Balaban J connectivity index is 2.51. The van der Waals surface area contributed by atoms with Crippen LogP contribution in [0.1, 0.15) is 38.3 Å². The number of hydrogen-bond donors (Lipinski definition) is 2. The van der Waals surface area contributed by atoms with Crippen molar-refractivity contribution in [3.8, 4) is 5.75 Å². The van der Waals surface area contributed by atoms with Gasteiger partial charge in [-0.25, -0.2) is 4.79 Å². The van der Waals surface area contributed by atoms with Gasteiger partial charge < -0.3 is 29.7 Å². The molecule has 1 aromatic rings. The summed E-state index contributed by atoms with van der Waals surface area (Å²) in [4.78, 5) is 17.8. The van der Waals surface area contributed by atoms with E-state index in [1.165, 1.54) is 4.90 Å². The Labute approximate surface area is 181 Å². The Morgan fingerprint density at radius 2 is 1.93 bits per heavy atom. The van der Waals surface area contributed by atoms with E-state index >= 15 is 0 Å². The third kappa shape index (κ3) is 10.3. The van der Waals surface area contributed by atoms with Crippen molar-refractivity contribution in [2.45, 2.75) is 46.3 Å². The van der Waals surface area contributed by atoms with Crippen molar-refractivity contribution in [1.82, 2.24) is 15.5 Å². The van der Waals surface area contributed by atoms with Gasteiger partial charge in [-0.15, -0.1) is 0 Å². The quantitative estimate of drug-likeness (QED) is 0.343. The molecule has 0 saturated heterocycles. The molecule has 1 amide bonds. The van der Waals surface area contributed by atoms with Crippen molar-refractivity contribution in [2.75, 3.05) is 47.5 Å². The molecule has 0 saturated carbocycles. The first-order valence-electron chi connectivity index (χ1n) is 10.3. The lowest BCUT2D eigenvalue weighted by Crippen LogP contribution is -2.42. The highest BCUT2D eigenvalue weighted by molar-refractivity contribution is 5.79. The molecule has 0 spiro atoms. The van der Waals surface area contributed by atoms with E-state index in [1.807, 2.05) is 33.8 Å². The second-order valence-corrected chi connectivity index (χ2v) is 8.06. The van der Waals surface area contributed by atoms with E-state index < -0.39 is 5.60 Å². The van der Waals surface area contributed by atoms with Crippen LogP contribution in [0.3, 0.4) is 0 Å². The second kappa shape index (κ2) is 13.0. The molecule has 8 heteroatoms. The number of aliphatic imine (C=N–C) groups is 1. The summed E-state index contributed by atoms with van der Waals surface area (Å²) in [7, 11) is 5.11. The van der Waals surface area contributed by atoms with Crippen LogP contribution in [-0.2, 0) is 16.0 Å². The SMILES string of the molecule is CN=C(NCCN(C)C(=O)OC(C)(C)C)NCc1ccc(C)cc1OCCCOC. The number of guanidine groups is 1.